The fourth-order valence-electron chi connectivity index (χ4n) is 3.20. The first kappa shape index (κ1) is 15.6. The maximum atomic E-state index is 12.2. The zero-order valence-corrected chi connectivity index (χ0v) is 12.1. The number of carboxylic acid groups (broad SMARTS) is 1. The molecule has 1 unspecified atom stereocenters. The van der Waals surface area contributed by atoms with E-state index >= 15 is 0 Å². The first-order valence-electron chi connectivity index (χ1n) is 7.55. The molecule has 2 rings (SSSR count). The predicted octanol–water partition coefficient (Wildman–Crippen LogP) is 0.537. The second kappa shape index (κ2) is 6.78. The molecule has 21 heavy (non-hydrogen) atoms. The molecule has 1 saturated carbocycles. The molecule has 1 saturated heterocycles. The van der Waals surface area contributed by atoms with Gasteiger partial charge in [0.2, 0.25) is 5.91 Å². The van der Waals surface area contributed by atoms with Gasteiger partial charge in [-0.1, -0.05) is 0 Å². The standard InChI is InChI=1S/C14H23N3O4/c15-14(21)17-7-1-2-10(8-17)12(18)16-11-5-3-9(4-6-11)13(19)20/h9-11H,1-8H2,(H2,15,21)(H,16,18)(H,19,20). The summed E-state index contributed by atoms with van der Waals surface area (Å²) in [4.78, 5) is 35.8. The Labute approximate surface area is 123 Å². The van der Waals surface area contributed by atoms with E-state index in [1.165, 1.54) is 4.90 Å². The van der Waals surface area contributed by atoms with Gasteiger partial charge in [0, 0.05) is 19.1 Å². The van der Waals surface area contributed by atoms with Crippen molar-refractivity contribution in [2.75, 3.05) is 13.1 Å². The number of likely N-dealkylation sites (tertiary alicyclic amines) is 1. The summed E-state index contributed by atoms with van der Waals surface area (Å²) in [6.07, 6.45) is 4.17. The van der Waals surface area contributed by atoms with E-state index in [1.807, 2.05) is 0 Å². The molecule has 0 bridgehead atoms. The van der Waals surface area contributed by atoms with Crippen LogP contribution in [0.2, 0.25) is 0 Å². The molecule has 0 spiro atoms. The molecule has 4 N–H and O–H groups in total. The number of aliphatic carboxylic acids is 1. The van der Waals surface area contributed by atoms with Gasteiger partial charge in [0.25, 0.3) is 0 Å². The van der Waals surface area contributed by atoms with Crippen LogP contribution >= 0.6 is 0 Å². The lowest BCUT2D eigenvalue weighted by molar-refractivity contribution is -0.142. The zero-order chi connectivity index (χ0) is 15.4. The lowest BCUT2D eigenvalue weighted by atomic mass is 9.85. The lowest BCUT2D eigenvalue weighted by Gasteiger charge is -2.33. The van der Waals surface area contributed by atoms with Crippen molar-refractivity contribution < 1.29 is 19.5 Å². The van der Waals surface area contributed by atoms with Crippen molar-refractivity contribution in [3.63, 3.8) is 0 Å². The van der Waals surface area contributed by atoms with Crippen LogP contribution in [0.3, 0.4) is 0 Å². The molecule has 7 heteroatoms. The second-order valence-corrected chi connectivity index (χ2v) is 6.02. The fraction of sp³-hybridized carbons (Fsp3) is 0.786. The van der Waals surface area contributed by atoms with Crippen LogP contribution in [-0.4, -0.2) is 47.0 Å². The van der Waals surface area contributed by atoms with Gasteiger partial charge in [-0.25, -0.2) is 4.79 Å². The molecule has 0 aromatic rings. The minimum Gasteiger partial charge on any atom is -0.481 e. The Morgan fingerprint density at radius 2 is 1.71 bits per heavy atom. The largest absolute Gasteiger partial charge is 0.481 e. The molecule has 118 valence electrons. The number of nitrogens with two attached hydrogens (primary N) is 1. The van der Waals surface area contributed by atoms with Crippen molar-refractivity contribution in [1.29, 1.82) is 0 Å². The number of carbonyl (C=O) groups is 3. The zero-order valence-electron chi connectivity index (χ0n) is 12.1. The molecule has 1 heterocycles. The van der Waals surface area contributed by atoms with Crippen LogP contribution in [0.1, 0.15) is 38.5 Å². The number of nitrogens with zero attached hydrogens (tertiary/aromatic N) is 1. The van der Waals surface area contributed by atoms with Crippen molar-refractivity contribution in [3.05, 3.63) is 0 Å². The summed E-state index contributed by atoms with van der Waals surface area (Å²) in [7, 11) is 0. The molecule has 2 aliphatic rings. The Kier molecular flexibility index (Phi) is 5.03. The third kappa shape index (κ3) is 4.09. The molecule has 1 atom stereocenters. The van der Waals surface area contributed by atoms with Gasteiger partial charge in [-0.05, 0) is 38.5 Å². The first-order chi connectivity index (χ1) is 9.97. The molecule has 1 aliphatic carbocycles. The van der Waals surface area contributed by atoms with Crippen molar-refractivity contribution in [2.45, 2.75) is 44.6 Å². The van der Waals surface area contributed by atoms with Crippen molar-refractivity contribution in [2.24, 2.45) is 17.6 Å². The molecular formula is C14H23N3O4. The van der Waals surface area contributed by atoms with Gasteiger partial charge in [-0.2, -0.15) is 0 Å². The number of carboxylic acids is 1. The number of urea groups is 1. The molecule has 2 fully saturated rings. The monoisotopic (exact) mass is 297 g/mol. The molecule has 0 radical (unpaired) electrons. The number of piperidine rings is 1. The maximum Gasteiger partial charge on any atom is 0.314 e. The van der Waals surface area contributed by atoms with E-state index < -0.39 is 12.0 Å². The number of amides is 3. The average Bonchev–Trinajstić information content (AvgIpc) is 2.48. The molecule has 0 aromatic heterocycles. The smallest absolute Gasteiger partial charge is 0.314 e. The maximum absolute atomic E-state index is 12.2. The normalized spacial score (nSPS) is 29.7. The van der Waals surface area contributed by atoms with Crippen LogP contribution in [0.15, 0.2) is 0 Å². The Morgan fingerprint density at radius 3 is 2.29 bits per heavy atom. The number of hydrogen-bond acceptors (Lipinski definition) is 3. The van der Waals surface area contributed by atoms with Crippen molar-refractivity contribution in [3.8, 4) is 0 Å². The third-order valence-electron chi connectivity index (χ3n) is 4.53. The van der Waals surface area contributed by atoms with Crippen LogP contribution in [0.25, 0.3) is 0 Å². The van der Waals surface area contributed by atoms with Crippen LogP contribution in [0.4, 0.5) is 4.79 Å². The van der Waals surface area contributed by atoms with E-state index in [4.69, 9.17) is 10.8 Å². The molecule has 1 aliphatic heterocycles. The van der Waals surface area contributed by atoms with Crippen LogP contribution in [0, 0.1) is 11.8 Å². The summed E-state index contributed by atoms with van der Waals surface area (Å²) < 4.78 is 0. The van der Waals surface area contributed by atoms with Crippen molar-refractivity contribution >= 4 is 17.9 Å². The summed E-state index contributed by atoms with van der Waals surface area (Å²) in [5.41, 5.74) is 5.26. The highest BCUT2D eigenvalue weighted by Crippen LogP contribution is 2.25. The second-order valence-electron chi connectivity index (χ2n) is 6.02. The highest BCUT2D eigenvalue weighted by molar-refractivity contribution is 5.80. The average molecular weight is 297 g/mol. The molecule has 3 amide bonds. The van der Waals surface area contributed by atoms with Gasteiger partial charge >= 0.3 is 12.0 Å². The molecule has 7 nitrogen and oxygen atoms in total. The summed E-state index contributed by atoms with van der Waals surface area (Å²) in [5.74, 6) is -1.27. The van der Waals surface area contributed by atoms with E-state index in [-0.39, 0.29) is 23.8 Å². The van der Waals surface area contributed by atoms with Gasteiger partial charge in [0.1, 0.15) is 0 Å². The van der Waals surface area contributed by atoms with Gasteiger partial charge in [0.15, 0.2) is 0 Å². The SMILES string of the molecule is NC(=O)N1CCCC(C(=O)NC2CCC(C(=O)O)CC2)C1. The van der Waals surface area contributed by atoms with Crippen LogP contribution < -0.4 is 11.1 Å². The summed E-state index contributed by atoms with van der Waals surface area (Å²) in [5, 5.41) is 12.0. The summed E-state index contributed by atoms with van der Waals surface area (Å²) in [6.45, 7) is 0.995. The van der Waals surface area contributed by atoms with E-state index in [9.17, 15) is 14.4 Å². The Morgan fingerprint density at radius 1 is 1.05 bits per heavy atom. The van der Waals surface area contributed by atoms with Crippen LogP contribution in [0.5, 0.6) is 0 Å². The van der Waals surface area contributed by atoms with Gasteiger partial charge in [0.05, 0.1) is 11.8 Å². The predicted molar refractivity (Wildman–Crippen MR) is 75.4 cm³/mol. The van der Waals surface area contributed by atoms with E-state index in [1.54, 1.807) is 0 Å². The van der Waals surface area contributed by atoms with Crippen molar-refractivity contribution in [1.82, 2.24) is 10.2 Å². The third-order valence-corrected chi connectivity index (χ3v) is 4.53. The highest BCUT2D eigenvalue weighted by atomic mass is 16.4. The minimum atomic E-state index is -0.746. The number of nitrogens with one attached hydrogen (secondary N) is 1. The molecular weight excluding hydrogens is 274 g/mol. The number of carbonyl (C=O) groups excluding carboxylic acids is 2. The Bertz CT molecular complexity index is 418. The lowest BCUT2D eigenvalue weighted by Crippen LogP contribution is -2.49. The Balaban J connectivity index is 1.79. The first-order valence-corrected chi connectivity index (χ1v) is 7.55. The topological polar surface area (TPSA) is 113 Å². The number of hydrogen-bond donors (Lipinski definition) is 3. The molecule has 0 aromatic carbocycles. The fourth-order valence-corrected chi connectivity index (χ4v) is 3.20. The van der Waals surface area contributed by atoms with Gasteiger partial charge in [-0.3, -0.25) is 9.59 Å². The minimum absolute atomic E-state index is 0.0419. The van der Waals surface area contributed by atoms with E-state index in [0.717, 1.165) is 12.8 Å². The van der Waals surface area contributed by atoms with Crippen LogP contribution in [-0.2, 0) is 9.59 Å². The highest BCUT2D eigenvalue weighted by Gasteiger charge is 2.31. The summed E-state index contributed by atoms with van der Waals surface area (Å²) >= 11 is 0. The number of rotatable bonds is 3. The van der Waals surface area contributed by atoms with Gasteiger partial charge < -0.3 is 21.1 Å². The van der Waals surface area contributed by atoms with E-state index in [0.29, 0.717) is 38.8 Å². The quantitative estimate of drug-likeness (QED) is 0.705. The van der Waals surface area contributed by atoms with E-state index in [2.05, 4.69) is 5.32 Å². The summed E-state index contributed by atoms with van der Waals surface area (Å²) in [6, 6.07) is -0.425. The number of primary amides is 1. The van der Waals surface area contributed by atoms with Gasteiger partial charge in [-0.15, -0.1) is 0 Å². The Hall–Kier alpha value is -1.79.